The summed E-state index contributed by atoms with van der Waals surface area (Å²) in [5.74, 6) is -0.724. The number of anilines is 2. The lowest BCUT2D eigenvalue weighted by Crippen LogP contribution is -2.59. The highest BCUT2D eigenvalue weighted by atomic mass is 35.5. The fourth-order valence-corrected chi connectivity index (χ4v) is 2.32. The Balaban J connectivity index is 1.75. The number of fused-ring (bicyclic) bond motifs is 1. The third-order valence-electron chi connectivity index (χ3n) is 3.46. The van der Waals surface area contributed by atoms with Crippen LogP contribution in [0.3, 0.4) is 0 Å². The number of ether oxygens (including phenoxy) is 1. The van der Waals surface area contributed by atoms with Crippen LogP contribution in [0.2, 0.25) is 5.02 Å². The zero-order valence-electron chi connectivity index (χ0n) is 12.2. The van der Waals surface area contributed by atoms with Crippen LogP contribution in [0.5, 0.6) is 5.75 Å². The Kier molecular flexibility index (Phi) is 3.83. The average molecular weight is 332 g/mol. The number of hydrogen-bond donors (Lipinski definition) is 3. The van der Waals surface area contributed by atoms with E-state index in [9.17, 15) is 9.59 Å². The Hall–Kier alpha value is -2.73. The van der Waals surface area contributed by atoms with Gasteiger partial charge in [-0.25, -0.2) is 0 Å². The molecule has 1 atom stereocenters. The minimum absolute atomic E-state index is 0.438. The topological polar surface area (TPSA) is 79.5 Å². The first-order chi connectivity index (χ1) is 11.0. The van der Waals surface area contributed by atoms with Gasteiger partial charge >= 0.3 is 0 Å². The Morgan fingerprint density at radius 1 is 1.22 bits per heavy atom. The zero-order valence-corrected chi connectivity index (χ0v) is 13.0. The van der Waals surface area contributed by atoms with Gasteiger partial charge in [0.1, 0.15) is 5.75 Å². The number of para-hydroxylation sites is 2. The molecular weight excluding hydrogens is 318 g/mol. The summed E-state index contributed by atoms with van der Waals surface area (Å²) in [7, 11) is 0. The highest BCUT2D eigenvalue weighted by Gasteiger charge is 2.47. The van der Waals surface area contributed by atoms with Crippen LogP contribution in [0.25, 0.3) is 0 Å². The van der Waals surface area contributed by atoms with Gasteiger partial charge in [-0.1, -0.05) is 29.8 Å². The van der Waals surface area contributed by atoms with Crippen LogP contribution in [-0.4, -0.2) is 17.4 Å². The van der Waals surface area contributed by atoms with Gasteiger partial charge in [-0.2, -0.15) is 0 Å². The molecule has 118 valence electrons. The van der Waals surface area contributed by atoms with E-state index in [-0.39, 0.29) is 0 Å². The molecule has 2 aromatic rings. The number of halogens is 1. The van der Waals surface area contributed by atoms with Gasteiger partial charge < -0.3 is 10.1 Å². The van der Waals surface area contributed by atoms with Crippen molar-refractivity contribution < 1.29 is 14.3 Å². The van der Waals surface area contributed by atoms with Crippen LogP contribution in [-0.2, 0) is 9.59 Å². The molecule has 1 heterocycles. The lowest BCUT2D eigenvalue weighted by Gasteiger charge is -2.33. The summed E-state index contributed by atoms with van der Waals surface area (Å²) in [5, 5.41) is 3.19. The summed E-state index contributed by atoms with van der Waals surface area (Å²) in [6, 6.07) is 13.7. The molecule has 0 saturated carbocycles. The van der Waals surface area contributed by atoms with Gasteiger partial charge in [-0.15, -0.1) is 0 Å². The highest BCUT2D eigenvalue weighted by molar-refractivity contribution is 6.30. The summed E-state index contributed by atoms with van der Waals surface area (Å²) in [4.78, 5) is 24.6. The Morgan fingerprint density at radius 2 is 2.00 bits per heavy atom. The second-order valence-electron chi connectivity index (χ2n) is 5.18. The maximum Gasteiger partial charge on any atom is 0.292 e. The molecule has 0 spiro atoms. The van der Waals surface area contributed by atoms with Gasteiger partial charge in [0.15, 0.2) is 0 Å². The number of benzene rings is 2. The first kappa shape index (κ1) is 15.2. The molecule has 23 heavy (non-hydrogen) atoms. The van der Waals surface area contributed by atoms with Crippen molar-refractivity contribution in [2.75, 3.05) is 10.7 Å². The Bertz CT molecular complexity index is 781. The number of hydrazine groups is 1. The fraction of sp³-hybridized carbons (Fsp3) is 0.125. The van der Waals surface area contributed by atoms with Crippen LogP contribution >= 0.6 is 11.6 Å². The standard InChI is InChI=1S/C16H14ClN3O3/c1-16(14(21)18-12-7-2-3-8-13(12)23-16)15(22)20-19-11-6-4-5-10(17)9-11/h2-9,19H,1H3,(H,18,21)(H,20,22). The molecular formula is C16H14ClN3O3. The van der Waals surface area contributed by atoms with E-state index in [0.29, 0.717) is 22.1 Å². The normalized spacial score (nSPS) is 19.1. The number of carbonyl (C=O) groups is 2. The van der Waals surface area contributed by atoms with E-state index < -0.39 is 17.4 Å². The number of carbonyl (C=O) groups excluding carboxylic acids is 2. The van der Waals surface area contributed by atoms with Crippen LogP contribution in [0.1, 0.15) is 6.92 Å². The molecule has 0 bridgehead atoms. The average Bonchev–Trinajstić information content (AvgIpc) is 2.53. The van der Waals surface area contributed by atoms with Gasteiger partial charge in [0.25, 0.3) is 17.4 Å². The minimum atomic E-state index is -1.68. The molecule has 3 N–H and O–H groups in total. The highest BCUT2D eigenvalue weighted by Crippen LogP contribution is 2.33. The predicted molar refractivity (Wildman–Crippen MR) is 87.3 cm³/mol. The first-order valence-electron chi connectivity index (χ1n) is 6.90. The third-order valence-corrected chi connectivity index (χ3v) is 3.70. The van der Waals surface area contributed by atoms with Crippen molar-refractivity contribution in [2.45, 2.75) is 12.5 Å². The van der Waals surface area contributed by atoms with Crippen molar-refractivity contribution in [3.05, 3.63) is 53.6 Å². The number of hydrogen-bond acceptors (Lipinski definition) is 4. The molecule has 0 aliphatic carbocycles. The second kappa shape index (κ2) is 5.81. The van der Waals surface area contributed by atoms with Gasteiger partial charge in [0, 0.05) is 5.02 Å². The molecule has 0 saturated heterocycles. The van der Waals surface area contributed by atoms with Crippen molar-refractivity contribution in [3.8, 4) is 5.75 Å². The molecule has 7 heteroatoms. The van der Waals surface area contributed by atoms with Gasteiger partial charge in [-0.3, -0.25) is 20.4 Å². The first-order valence-corrected chi connectivity index (χ1v) is 7.28. The van der Waals surface area contributed by atoms with Gasteiger partial charge in [0.2, 0.25) is 0 Å². The summed E-state index contributed by atoms with van der Waals surface area (Å²) in [5.41, 5.74) is 4.61. The van der Waals surface area contributed by atoms with Crippen molar-refractivity contribution in [1.29, 1.82) is 0 Å². The predicted octanol–water partition coefficient (Wildman–Crippen LogP) is 2.57. The molecule has 2 aromatic carbocycles. The lowest BCUT2D eigenvalue weighted by molar-refractivity contribution is -0.146. The van der Waals surface area contributed by atoms with Crippen LogP contribution < -0.4 is 20.9 Å². The monoisotopic (exact) mass is 331 g/mol. The van der Waals surface area contributed by atoms with Crippen LogP contribution in [0.15, 0.2) is 48.5 Å². The molecule has 0 aromatic heterocycles. The molecule has 0 fully saturated rings. The Morgan fingerprint density at radius 3 is 2.78 bits per heavy atom. The van der Waals surface area contributed by atoms with Crippen molar-refractivity contribution in [2.24, 2.45) is 0 Å². The lowest BCUT2D eigenvalue weighted by atomic mass is 10.0. The van der Waals surface area contributed by atoms with E-state index in [1.807, 2.05) is 0 Å². The number of amides is 2. The summed E-state index contributed by atoms with van der Waals surface area (Å²) >= 11 is 5.87. The molecule has 2 amide bonds. The molecule has 3 rings (SSSR count). The molecule has 1 aliphatic rings. The smallest absolute Gasteiger partial charge is 0.292 e. The maximum atomic E-state index is 12.4. The Labute approximate surface area is 137 Å². The zero-order chi connectivity index (χ0) is 16.4. The molecule has 0 radical (unpaired) electrons. The van der Waals surface area contributed by atoms with E-state index in [1.54, 1.807) is 48.5 Å². The minimum Gasteiger partial charge on any atom is -0.465 e. The van der Waals surface area contributed by atoms with Crippen molar-refractivity contribution in [1.82, 2.24) is 5.43 Å². The van der Waals surface area contributed by atoms with Crippen LogP contribution in [0.4, 0.5) is 11.4 Å². The SMILES string of the molecule is CC1(C(=O)NNc2cccc(Cl)c2)Oc2ccccc2NC1=O. The van der Waals surface area contributed by atoms with Crippen LogP contribution in [0, 0.1) is 0 Å². The molecule has 1 aliphatic heterocycles. The van der Waals surface area contributed by atoms with Gasteiger partial charge in [0.05, 0.1) is 11.4 Å². The second-order valence-corrected chi connectivity index (χ2v) is 5.61. The third kappa shape index (κ3) is 2.93. The fourth-order valence-electron chi connectivity index (χ4n) is 2.13. The van der Waals surface area contributed by atoms with Gasteiger partial charge in [-0.05, 0) is 37.3 Å². The summed E-state index contributed by atoms with van der Waals surface area (Å²) in [6.07, 6.45) is 0. The van der Waals surface area contributed by atoms with E-state index >= 15 is 0 Å². The quantitative estimate of drug-likeness (QED) is 0.596. The molecule has 6 nitrogen and oxygen atoms in total. The summed E-state index contributed by atoms with van der Waals surface area (Å²) in [6.45, 7) is 1.41. The van der Waals surface area contributed by atoms with E-state index in [4.69, 9.17) is 16.3 Å². The molecule has 1 unspecified atom stereocenters. The number of nitrogens with one attached hydrogen (secondary N) is 3. The van der Waals surface area contributed by atoms with E-state index in [1.165, 1.54) is 6.92 Å². The van der Waals surface area contributed by atoms with Crippen molar-refractivity contribution in [3.63, 3.8) is 0 Å². The van der Waals surface area contributed by atoms with E-state index in [0.717, 1.165) is 0 Å². The number of rotatable bonds is 3. The maximum absolute atomic E-state index is 12.4. The largest absolute Gasteiger partial charge is 0.465 e. The van der Waals surface area contributed by atoms with Crippen molar-refractivity contribution >= 4 is 34.8 Å². The summed E-state index contributed by atoms with van der Waals surface area (Å²) < 4.78 is 5.62. The van der Waals surface area contributed by atoms with E-state index in [2.05, 4.69) is 16.2 Å².